The fraction of sp³-hybridized carbons (Fsp3) is 0.333. The van der Waals surface area contributed by atoms with E-state index in [4.69, 9.17) is 0 Å². The normalized spacial score (nSPS) is 18.0. The summed E-state index contributed by atoms with van der Waals surface area (Å²) in [6.45, 7) is 2.46. The Morgan fingerprint density at radius 3 is 2.79 bits per heavy atom. The van der Waals surface area contributed by atoms with Gasteiger partial charge in [0.1, 0.15) is 0 Å². The maximum absolute atomic E-state index is 13.1. The second-order valence-corrected chi connectivity index (χ2v) is 10.2. The molecule has 2 heterocycles. The molecule has 1 aliphatic heterocycles. The van der Waals surface area contributed by atoms with Crippen molar-refractivity contribution in [3.8, 4) is 0 Å². The Hall–Kier alpha value is -2.29. The van der Waals surface area contributed by atoms with Gasteiger partial charge in [-0.15, -0.1) is 0 Å². The maximum Gasteiger partial charge on any atom is 0.243 e. The first-order valence-corrected chi connectivity index (χ1v) is 11.9. The van der Waals surface area contributed by atoms with E-state index in [1.807, 2.05) is 25.1 Å². The molecule has 4 rings (SSSR count). The van der Waals surface area contributed by atoms with Crippen LogP contribution in [0.25, 0.3) is 10.2 Å². The number of sulfonamides is 1. The molecule has 0 radical (unpaired) electrons. The van der Waals surface area contributed by atoms with E-state index in [0.717, 1.165) is 28.6 Å². The zero-order chi connectivity index (χ0) is 20.4. The molecule has 0 aliphatic carbocycles. The first-order chi connectivity index (χ1) is 13.9. The highest BCUT2D eigenvalue weighted by Crippen LogP contribution is 2.29. The summed E-state index contributed by atoms with van der Waals surface area (Å²) in [5, 5.41) is 3.40. The average molecular weight is 430 g/mol. The molecule has 0 bridgehead atoms. The summed E-state index contributed by atoms with van der Waals surface area (Å²) in [6, 6.07) is 14.0. The molecule has 0 saturated carbocycles. The summed E-state index contributed by atoms with van der Waals surface area (Å²) in [4.78, 5) is 17.4. The van der Waals surface area contributed by atoms with Gasteiger partial charge in [-0.2, -0.15) is 4.31 Å². The lowest BCUT2D eigenvalue weighted by Crippen LogP contribution is -2.45. The Morgan fingerprint density at radius 1 is 1.21 bits per heavy atom. The number of piperidine rings is 1. The van der Waals surface area contributed by atoms with Crippen LogP contribution in [0.2, 0.25) is 0 Å². The second kappa shape index (κ2) is 8.22. The first kappa shape index (κ1) is 20.0. The molecule has 1 atom stereocenters. The topological polar surface area (TPSA) is 79.4 Å². The van der Waals surface area contributed by atoms with Crippen LogP contribution >= 0.6 is 11.3 Å². The fourth-order valence-electron chi connectivity index (χ4n) is 3.69. The minimum absolute atomic E-state index is 0.126. The van der Waals surface area contributed by atoms with Crippen molar-refractivity contribution in [2.24, 2.45) is 0 Å². The average Bonchev–Trinajstić information content (AvgIpc) is 3.10. The van der Waals surface area contributed by atoms with Crippen LogP contribution in [0.15, 0.2) is 53.4 Å². The Bertz CT molecular complexity index is 1130. The van der Waals surface area contributed by atoms with E-state index in [0.29, 0.717) is 18.1 Å². The second-order valence-electron chi connectivity index (χ2n) is 7.32. The summed E-state index contributed by atoms with van der Waals surface area (Å²) in [6.07, 6.45) is 2.53. The van der Waals surface area contributed by atoms with Gasteiger partial charge in [0.25, 0.3) is 0 Å². The van der Waals surface area contributed by atoms with Crippen LogP contribution in [0, 0.1) is 6.92 Å². The number of rotatable bonds is 5. The van der Waals surface area contributed by atoms with Crippen molar-refractivity contribution < 1.29 is 13.2 Å². The minimum atomic E-state index is -3.61. The van der Waals surface area contributed by atoms with Crippen molar-refractivity contribution in [2.45, 2.75) is 43.5 Å². The summed E-state index contributed by atoms with van der Waals surface area (Å²) < 4.78 is 28.7. The highest BCUT2D eigenvalue weighted by atomic mass is 32.2. The highest BCUT2D eigenvalue weighted by molar-refractivity contribution is 7.89. The van der Waals surface area contributed by atoms with Crippen molar-refractivity contribution in [3.63, 3.8) is 0 Å². The molecular formula is C21H23N3O3S2. The molecular weight excluding hydrogens is 406 g/mol. The van der Waals surface area contributed by atoms with Gasteiger partial charge in [0.15, 0.2) is 5.13 Å². The zero-order valence-corrected chi connectivity index (χ0v) is 17.8. The molecule has 8 heteroatoms. The molecule has 1 aliphatic rings. The Kier molecular flexibility index (Phi) is 5.67. The van der Waals surface area contributed by atoms with Crippen LogP contribution in [0.5, 0.6) is 0 Å². The number of hydrogen-bond acceptors (Lipinski definition) is 5. The fourth-order valence-corrected chi connectivity index (χ4v) is 6.39. The number of carbonyl (C=O) groups is 1. The van der Waals surface area contributed by atoms with Gasteiger partial charge < -0.3 is 5.32 Å². The maximum atomic E-state index is 13.1. The molecule has 1 N–H and O–H groups in total. The SMILES string of the molecule is Cc1ccc2nc(NC(=O)CC3CCCCN3S(=O)(=O)c3ccccc3)sc2c1. The molecule has 1 saturated heterocycles. The quantitative estimate of drug-likeness (QED) is 0.660. The molecule has 2 aromatic carbocycles. The lowest BCUT2D eigenvalue weighted by atomic mass is 10.0. The third-order valence-corrected chi connectivity index (χ3v) is 8.03. The predicted octanol–water partition coefficient (Wildman–Crippen LogP) is 4.18. The van der Waals surface area contributed by atoms with E-state index in [1.165, 1.54) is 15.6 Å². The number of carbonyl (C=O) groups excluding carboxylic acids is 1. The largest absolute Gasteiger partial charge is 0.302 e. The van der Waals surface area contributed by atoms with E-state index in [9.17, 15) is 13.2 Å². The molecule has 29 heavy (non-hydrogen) atoms. The number of nitrogens with zero attached hydrogens (tertiary/aromatic N) is 2. The molecule has 3 aromatic rings. The van der Waals surface area contributed by atoms with Crippen LogP contribution in [-0.2, 0) is 14.8 Å². The molecule has 1 fully saturated rings. The number of nitrogens with one attached hydrogen (secondary N) is 1. The van der Waals surface area contributed by atoms with E-state index in [-0.39, 0.29) is 23.3 Å². The number of aryl methyl sites for hydroxylation is 1. The molecule has 0 spiro atoms. The zero-order valence-electron chi connectivity index (χ0n) is 16.2. The lowest BCUT2D eigenvalue weighted by molar-refractivity contribution is -0.117. The number of fused-ring (bicyclic) bond motifs is 1. The Balaban J connectivity index is 1.49. The van der Waals surface area contributed by atoms with Gasteiger partial charge in [-0.3, -0.25) is 4.79 Å². The molecule has 1 unspecified atom stereocenters. The smallest absolute Gasteiger partial charge is 0.243 e. The van der Waals surface area contributed by atoms with E-state index < -0.39 is 10.0 Å². The van der Waals surface area contributed by atoms with Crippen LogP contribution in [0.3, 0.4) is 0 Å². The number of amides is 1. The number of hydrogen-bond donors (Lipinski definition) is 1. The predicted molar refractivity (Wildman–Crippen MR) is 116 cm³/mol. The van der Waals surface area contributed by atoms with Gasteiger partial charge in [-0.25, -0.2) is 13.4 Å². The standard InChI is InChI=1S/C21H23N3O3S2/c1-15-10-11-18-19(13-15)28-21(22-18)23-20(25)14-16-7-5-6-12-24(16)29(26,27)17-8-3-2-4-9-17/h2-4,8-11,13,16H,5-7,12,14H2,1H3,(H,22,23,25). The minimum Gasteiger partial charge on any atom is -0.302 e. The number of benzene rings is 2. The summed E-state index contributed by atoms with van der Waals surface area (Å²) >= 11 is 1.43. The van der Waals surface area contributed by atoms with Crippen molar-refractivity contribution >= 4 is 42.6 Å². The van der Waals surface area contributed by atoms with E-state index in [2.05, 4.69) is 10.3 Å². The van der Waals surface area contributed by atoms with Gasteiger partial charge in [0, 0.05) is 19.0 Å². The molecule has 6 nitrogen and oxygen atoms in total. The van der Waals surface area contributed by atoms with Gasteiger partial charge >= 0.3 is 0 Å². The molecule has 1 aromatic heterocycles. The number of anilines is 1. The van der Waals surface area contributed by atoms with E-state index in [1.54, 1.807) is 30.3 Å². The third-order valence-electron chi connectivity index (χ3n) is 5.13. The van der Waals surface area contributed by atoms with Crippen LogP contribution in [-0.4, -0.2) is 36.2 Å². The van der Waals surface area contributed by atoms with Crippen molar-refractivity contribution in [2.75, 3.05) is 11.9 Å². The summed E-state index contributed by atoms with van der Waals surface area (Å²) in [7, 11) is -3.61. The van der Waals surface area contributed by atoms with Gasteiger partial charge in [0.05, 0.1) is 15.1 Å². The Morgan fingerprint density at radius 2 is 2.00 bits per heavy atom. The summed E-state index contributed by atoms with van der Waals surface area (Å²) in [5.41, 5.74) is 1.99. The van der Waals surface area contributed by atoms with Gasteiger partial charge in [-0.1, -0.05) is 42.0 Å². The highest BCUT2D eigenvalue weighted by Gasteiger charge is 2.34. The van der Waals surface area contributed by atoms with Gasteiger partial charge in [-0.05, 0) is 49.6 Å². The number of aromatic nitrogens is 1. The summed E-state index contributed by atoms with van der Waals surface area (Å²) in [5.74, 6) is -0.207. The van der Waals surface area contributed by atoms with Crippen molar-refractivity contribution in [1.82, 2.24) is 9.29 Å². The third kappa shape index (κ3) is 4.34. The van der Waals surface area contributed by atoms with Crippen molar-refractivity contribution in [3.05, 3.63) is 54.1 Å². The van der Waals surface area contributed by atoms with Crippen LogP contribution in [0.4, 0.5) is 5.13 Å². The first-order valence-electron chi connectivity index (χ1n) is 9.67. The van der Waals surface area contributed by atoms with Gasteiger partial charge in [0.2, 0.25) is 15.9 Å². The van der Waals surface area contributed by atoms with Crippen LogP contribution in [0.1, 0.15) is 31.2 Å². The molecule has 152 valence electrons. The van der Waals surface area contributed by atoms with E-state index >= 15 is 0 Å². The number of thiazole rings is 1. The Labute approximate surface area is 174 Å². The van der Waals surface area contributed by atoms with Crippen molar-refractivity contribution in [1.29, 1.82) is 0 Å². The lowest BCUT2D eigenvalue weighted by Gasteiger charge is -2.34. The monoisotopic (exact) mass is 429 g/mol. The van der Waals surface area contributed by atoms with Crippen LogP contribution < -0.4 is 5.32 Å². The molecule has 1 amide bonds.